The van der Waals surface area contributed by atoms with E-state index < -0.39 is 6.04 Å². The van der Waals surface area contributed by atoms with Crippen molar-refractivity contribution in [2.24, 2.45) is 5.92 Å². The minimum atomic E-state index is -0.419. The molecule has 0 bridgehead atoms. The normalized spacial score (nSPS) is 20.2. The van der Waals surface area contributed by atoms with E-state index >= 15 is 0 Å². The number of nitrogens with one attached hydrogen (secondary N) is 1. The van der Waals surface area contributed by atoms with Gasteiger partial charge in [-0.15, -0.1) is 0 Å². The third-order valence-electron chi connectivity index (χ3n) is 3.99. The zero-order valence-electron chi connectivity index (χ0n) is 13.2. The molecule has 122 valence electrons. The first kappa shape index (κ1) is 15.4. The second-order valence-corrected chi connectivity index (χ2v) is 5.96. The summed E-state index contributed by atoms with van der Waals surface area (Å²) in [5.74, 6) is 1.21. The van der Waals surface area contributed by atoms with Crippen LogP contribution in [0.5, 0.6) is 11.5 Å². The number of carbonyl (C=O) groups excluding carboxylic acids is 2. The summed E-state index contributed by atoms with van der Waals surface area (Å²) in [5, 5.41) is 2.81. The molecule has 3 rings (SSSR count). The predicted octanol–water partition coefficient (Wildman–Crippen LogP) is 1.41. The number of hydrogen-bond acceptors (Lipinski definition) is 4. The summed E-state index contributed by atoms with van der Waals surface area (Å²) in [5.41, 5.74) is 0.852. The molecule has 0 unspecified atom stereocenters. The lowest BCUT2D eigenvalue weighted by Gasteiger charge is -2.36. The molecular weight excluding hydrogens is 296 g/mol. The van der Waals surface area contributed by atoms with Crippen LogP contribution in [0.15, 0.2) is 24.3 Å². The van der Waals surface area contributed by atoms with E-state index in [0.717, 1.165) is 5.56 Å². The molecule has 0 spiro atoms. The Morgan fingerprint density at radius 1 is 1.35 bits per heavy atom. The highest BCUT2D eigenvalue weighted by atomic mass is 16.7. The van der Waals surface area contributed by atoms with E-state index in [2.05, 4.69) is 5.32 Å². The summed E-state index contributed by atoms with van der Waals surface area (Å²) >= 11 is 0. The van der Waals surface area contributed by atoms with Crippen LogP contribution in [0.3, 0.4) is 0 Å². The van der Waals surface area contributed by atoms with E-state index in [9.17, 15) is 9.59 Å². The lowest BCUT2D eigenvalue weighted by Crippen LogP contribution is -2.58. The first-order valence-electron chi connectivity index (χ1n) is 7.72. The van der Waals surface area contributed by atoms with Crippen molar-refractivity contribution in [3.63, 3.8) is 0 Å². The first-order chi connectivity index (χ1) is 11.1. The molecule has 23 heavy (non-hydrogen) atoms. The molecule has 1 saturated heterocycles. The quantitative estimate of drug-likeness (QED) is 0.856. The number of hydrogen-bond donors (Lipinski definition) is 1. The molecule has 1 N–H and O–H groups in total. The van der Waals surface area contributed by atoms with Gasteiger partial charge >= 0.3 is 0 Å². The molecule has 6 nitrogen and oxygen atoms in total. The Hall–Kier alpha value is -2.50. The number of ether oxygens (including phenoxy) is 2. The van der Waals surface area contributed by atoms with Gasteiger partial charge in [-0.25, -0.2) is 0 Å². The van der Waals surface area contributed by atoms with Crippen molar-refractivity contribution in [3.05, 3.63) is 29.8 Å². The Bertz CT molecular complexity index is 654. The van der Waals surface area contributed by atoms with Gasteiger partial charge in [0.2, 0.25) is 18.6 Å². The number of fused-ring (bicyclic) bond motifs is 1. The minimum Gasteiger partial charge on any atom is -0.454 e. The molecule has 1 aromatic rings. The molecule has 2 heterocycles. The molecule has 0 aromatic heterocycles. The van der Waals surface area contributed by atoms with Crippen LogP contribution in [-0.2, 0) is 9.59 Å². The topological polar surface area (TPSA) is 67.9 Å². The van der Waals surface area contributed by atoms with Gasteiger partial charge in [0.1, 0.15) is 6.04 Å². The summed E-state index contributed by atoms with van der Waals surface area (Å²) in [6.07, 6.45) is 3.24. The number of benzene rings is 1. The minimum absolute atomic E-state index is 0.0678. The third kappa shape index (κ3) is 3.16. The van der Waals surface area contributed by atoms with Crippen molar-refractivity contribution in [1.29, 1.82) is 0 Å². The maximum absolute atomic E-state index is 12.5. The predicted molar refractivity (Wildman–Crippen MR) is 84.9 cm³/mol. The van der Waals surface area contributed by atoms with Gasteiger partial charge in [0, 0.05) is 19.2 Å². The summed E-state index contributed by atoms with van der Waals surface area (Å²) in [7, 11) is 0. The molecule has 1 fully saturated rings. The number of piperazine rings is 1. The number of amides is 2. The van der Waals surface area contributed by atoms with Crippen LogP contribution in [0.1, 0.15) is 19.4 Å². The summed E-state index contributed by atoms with van der Waals surface area (Å²) in [6, 6.07) is 5.09. The molecule has 1 aromatic carbocycles. The average Bonchev–Trinajstić information content (AvgIpc) is 2.99. The summed E-state index contributed by atoms with van der Waals surface area (Å²) < 4.78 is 10.6. The van der Waals surface area contributed by atoms with Crippen LogP contribution < -0.4 is 14.8 Å². The molecular formula is C17H20N2O4. The highest BCUT2D eigenvalue weighted by Crippen LogP contribution is 2.32. The van der Waals surface area contributed by atoms with E-state index in [1.807, 2.05) is 32.0 Å². The van der Waals surface area contributed by atoms with Gasteiger partial charge in [-0.3, -0.25) is 9.59 Å². The molecule has 2 aliphatic heterocycles. The smallest absolute Gasteiger partial charge is 0.247 e. The Morgan fingerprint density at radius 2 is 2.13 bits per heavy atom. The molecule has 6 heteroatoms. The molecule has 0 aliphatic carbocycles. The van der Waals surface area contributed by atoms with Gasteiger partial charge in [-0.2, -0.15) is 0 Å². The zero-order chi connectivity index (χ0) is 16.4. The van der Waals surface area contributed by atoms with Crippen LogP contribution in [0.25, 0.3) is 6.08 Å². The highest BCUT2D eigenvalue weighted by Gasteiger charge is 2.34. The first-order valence-corrected chi connectivity index (χ1v) is 7.72. The van der Waals surface area contributed by atoms with Gasteiger partial charge in [-0.1, -0.05) is 19.9 Å². The molecule has 2 aliphatic rings. The fourth-order valence-electron chi connectivity index (χ4n) is 2.87. The Kier molecular flexibility index (Phi) is 4.23. The maximum Gasteiger partial charge on any atom is 0.247 e. The van der Waals surface area contributed by atoms with Crippen LogP contribution in [-0.4, -0.2) is 42.6 Å². The van der Waals surface area contributed by atoms with E-state index in [1.165, 1.54) is 6.08 Å². The lowest BCUT2D eigenvalue weighted by molar-refractivity contribution is -0.141. The van der Waals surface area contributed by atoms with Crippen molar-refractivity contribution >= 4 is 17.9 Å². The Morgan fingerprint density at radius 3 is 2.91 bits per heavy atom. The van der Waals surface area contributed by atoms with Crippen molar-refractivity contribution in [3.8, 4) is 11.5 Å². The van der Waals surface area contributed by atoms with E-state index in [1.54, 1.807) is 11.0 Å². The van der Waals surface area contributed by atoms with Crippen LogP contribution in [0, 0.1) is 5.92 Å². The SMILES string of the molecule is CC(C)[C@H]1C(=O)NCCN1C(=O)/C=C/c1ccc2c(c1)OCO2. The lowest BCUT2D eigenvalue weighted by atomic mass is 9.99. The van der Waals surface area contributed by atoms with Crippen LogP contribution in [0.4, 0.5) is 0 Å². The summed E-state index contributed by atoms with van der Waals surface area (Å²) in [6.45, 7) is 5.12. The molecule has 2 amide bonds. The second-order valence-electron chi connectivity index (χ2n) is 5.96. The highest BCUT2D eigenvalue weighted by molar-refractivity contribution is 5.96. The molecule has 1 atom stereocenters. The van der Waals surface area contributed by atoms with Gasteiger partial charge in [-0.05, 0) is 29.7 Å². The van der Waals surface area contributed by atoms with Crippen molar-refractivity contribution in [1.82, 2.24) is 10.2 Å². The van der Waals surface area contributed by atoms with Gasteiger partial charge in [0.15, 0.2) is 11.5 Å². The monoisotopic (exact) mass is 316 g/mol. The van der Waals surface area contributed by atoms with Crippen molar-refractivity contribution < 1.29 is 19.1 Å². The fraction of sp³-hybridized carbons (Fsp3) is 0.412. The second kappa shape index (κ2) is 6.32. The zero-order valence-corrected chi connectivity index (χ0v) is 13.2. The van der Waals surface area contributed by atoms with Crippen molar-refractivity contribution in [2.75, 3.05) is 19.9 Å². The Balaban J connectivity index is 1.73. The van der Waals surface area contributed by atoms with Crippen molar-refractivity contribution in [2.45, 2.75) is 19.9 Å². The molecule has 0 radical (unpaired) electrons. The largest absolute Gasteiger partial charge is 0.454 e. The maximum atomic E-state index is 12.5. The van der Waals surface area contributed by atoms with Gasteiger partial charge < -0.3 is 19.7 Å². The van der Waals surface area contributed by atoms with E-state index in [4.69, 9.17) is 9.47 Å². The Labute approximate surface area is 135 Å². The summed E-state index contributed by atoms with van der Waals surface area (Å²) in [4.78, 5) is 26.1. The molecule has 0 saturated carbocycles. The number of nitrogens with zero attached hydrogens (tertiary/aromatic N) is 1. The van der Waals surface area contributed by atoms with Crippen LogP contribution in [0.2, 0.25) is 0 Å². The number of rotatable bonds is 3. The van der Waals surface area contributed by atoms with E-state index in [-0.39, 0.29) is 24.5 Å². The fourth-order valence-corrected chi connectivity index (χ4v) is 2.87. The number of carbonyl (C=O) groups is 2. The van der Waals surface area contributed by atoms with Gasteiger partial charge in [0.25, 0.3) is 0 Å². The van der Waals surface area contributed by atoms with Gasteiger partial charge in [0.05, 0.1) is 0 Å². The third-order valence-corrected chi connectivity index (χ3v) is 3.99. The average molecular weight is 316 g/mol. The van der Waals surface area contributed by atoms with Crippen LogP contribution >= 0.6 is 0 Å². The van der Waals surface area contributed by atoms with E-state index in [0.29, 0.717) is 24.6 Å². The standard InChI is InChI=1S/C17H20N2O4/c1-11(2)16-17(21)18-7-8-19(16)15(20)6-4-12-3-5-13-14(9-12)23-10-22-13/h3-6,9,11,16H,7-8,10H2,1-2H3,(H,18,21)/b6-4+/t16-/m0/s1.